The molecule has 0 aliphatic rings. The molecule has 0 aromatic carbocycles. The molecule has 2 unspecified atom stereocenters. The first-order chi connectivity index (χ1) is 7.73. The standard InChI is InChI=1S/C8H11NO8.Na.H/c10-5(11)1-3(7(14)15)9-4(8(16)17)2-6(12)13;;/h3-4,9H,1-2H2,(H,10,11)(H,12,13)(H,14,15)(H,16,17);;. The minimum atomic E-state index is -1.66. The van der Waals surface area contributed by atoms with Gasteiger partial charge < -0.3 is 20.4 Å². The third kappa shape index (κ3) is 8.01. The molecule has 0 aromatic rings. The van der Waals surface area contributed by atoms with Crippen molar-refractivity contribution in [2.24, 2.45) is 0 Å². The van der Waals surface area contributed by atoms with E-state index in [4.69, 9.17) is 20.4 Å². The summed E-state index contributed by atoms with van der Waals surface area (Å²) in [6, 6.07) is -3.32. The molecule has 9 nitrogen and oxygen atoms in total. The van der Waals surface area contributed by atoms with Gasteiger partial charge in [0.2, 0.25) is 0 Å². The van der Waals surface area contributed by atoms with Gasteiger partial charge in [-0.2, -0.15) is 0 Å². The Morgan fingerprint density at radius 3 is 1.22 bits per heavy atom. The van der Waals surface area contributed by atoms with E-state index in [2.05, 4.69) is 0 Å². The molecule has 0 aliphatic carbocycles. The minimum absolute atomic E-state index is 0. The molecule has 2 atom stereocenters. The number of carbonyl (C=O) groups is 4. The van der Waals surface area contributed by atoms with Crippen LogP contribution in [0.25, 0.3) is 0 Å². The predicted octanol–water partition coefficient (Wildman–Crippen LogP) is -2.22. The summed E-state index contributed by atoms with van der Waals surface area (Å²) in [6.45, 7) is 0. The summed E-state index contributed by atoms with van der Waals surface area (Å²) in [7, 11) is 0. The maximum atomic E-state index is 10.6. The molecule has 0 amide bonds. The first-order valence-corrected chi connectivity index (χ1v) is 4.39. The summed E-state index contributed by atoms with van der Waals surface area (Å²) in [5.41, 5.74) is 0. The van der Waals surface area contributed by atoms with Crippen LogP contribution >= 0.6 is 0 Å². The third-order valence-electron chi connectivity index (χ3n) is 1.76. The Labute approximate surface area is 123 Å². The van der Waals surface area contributed by atoms with Crippen molar-refractivity contribution in [2.75, 3.05) is 0 Å². The van der Waals surface area contributed by atoms with Gasteiger partial charge >= 0.3 is 53.4 Å². The summed E-state index contributed by atoms with van der Waals surface area (Å²) >= 11 is 0. The third-order valence-corrected chi connectivity index (χ3v) is 1.76. The van der Waals surface area contributed by atoms with Crippen LogP contribution in [-0.2, 0) is 19.2 Å². The van der Waals surface area contributed by atoms with E-state index in [9.17, 15) is 19.2 Å². The van der Waals surface area contributed by atoms with Crippen molar-refractivity contribution in [2.45, 2.75) is 24.9 Å². The summed E-state index contributed by atoms with van der Waals surface area (Å²) in [4.78, 5) is 41.9. The van der Waals surface area contributed by atoms with Gasteiger partial charge in [0.25, 0.3) is 0 Å². The fraction of sp³-hybridized carbons (Fsp3) is 0.500. The van der Waals surface area contributed by atoms with Crippen LogP contribution in [0, 0.1) is 0 Å². The molecule has 10 heteroatoms. The Hall–Kier alpha value is -1.16. The van der Waals surface area contributed by atoms with Gasteiger partial charge in [0.05, 0.1) is 12.8 Å². The van der Waals surface area contributed by atoms with Gasteiger partial charge in [-0.3, -0.25) is 24.5 Å². The first-order valence-electron chi connectivity index (χ1n) is 4.39. The molecule has 0 aliphatic heterocycles. The summed E-state index contributed by atoms with van der Waals surface area (Å²) in [6.07, 6.45) is -1.70. The molecular weight excluding hydrogens is 261 g/mol. The van der Waals surface area contributed by atoms with Crippen LogP contribution in [0.2, 0.25) is 0 Å². The van der Waals surface area contributed by atoms with Gasteiger partial charge in [-0.25, -0.2) is 0 Å². The molecule has 0 radical (unpaired) electrons. The zero-order valence-electron chi connectivity index (χ0n) is 8.49. The SMILES string of the molecule is O=C(O)CC(NC(CC(=O)O)C(=O)O)C(=O)O.[NaH]. The quantitative estimate of drug-likeness (QED) is 0.308. The van der Waals surface area contributed by atoms with Crippen LogP contribution in [0.4, 0.5) is 0 Å². The zero-order chi connectivity index (χ0) is 13.6. The fourth-order valence-corrected chi connectivity index (χ4v) is 1.03. The van der Waals surface area contributed by atoms with E-state index >= 15 is 0 Å². The van der Waals surface area contributed by atoms with Gasteiger partial charge in [0, 0.05) is 0 Å². The Balaban J connectivity index is 0. The van der Waals surface area contributed by atoms with Crippen LogP contribution < -0.4 is 5.32 Å². The normalized spacial score (nSPS) is 12.9. The molecule has 98 valence electrons. The second-order valence-electron chi connectivity index (χ2n) is 3.14. The van der Waals surface area contributed by atoms with Crippen LogP contribution in [0.1, 0.15) is 12.8 Å². The van der Waals surface area contributed by atoms with Crippen molar-refractivity contribution in [3.63, 3.8) is 0 Å². The molecular formula is C8H12NNaO8. The number of carboxylic acids is 4. The molecule has 0 spiro atoms. The maximum absolute atomic E-state index is 10.6. The number of hydrogen-bond donors (Lipinski definition) is 5. The van der Waals surface area contributed by atoms with Gasteiger partial charge in [-0.1, -0.05) is 0 Å². The number of hydrogen-bond acceptors (Lipinski definition) is 5. The van der Waals surface area contributed by atoms with Crippen LogP contribution in [-0.4, -0.2) is 85.9 Å². The van der Waals surface area contributed by atoms with E-state index in [0.29, 0.717) is 0 Å². The second-order valence-corrected chi connectivity index (χ2v) is 3.14. The molecule has 18 heavy (non-hydrogen) atoms. The second kappa shape index (κ2) is 8.86. The van der Waals surface area contributed by atoms with Crippen molar-refractivity contribution in [1.82, 2.24) is 5.32 Å². The van der Waals surface area contributed by atoms with E-state index in [1.807, 2.05) is 5.32 Å². The Morgan fingerprint density at radius 1 is 0.778 bits per heavy atom. The number of carboxylic acid groups (broad SMARTS) is 4. The van der Waals surface area contributed by atoms with E-state index in [1.165, 1.54) is 0 Å². The van der Waals surface area contributed by atoms with Crippen LogP contribution in [0.15, 0.2) is 0 Å². The van der Waals surface area contributed by atoms with E-state index < -0.39 is 48.8 Å². The molecule has 0 saturated heterocycles. The summed E-state index contributed by atoms with van der Waals surface area (Å²) in [5, 5.41) is 36.0. The first kappa shape index (κ1) is 19.2. The fourth-order valence-electron chi connectivity index (χ4n) is 1.03. The average molecular weight is 273 g/mol. The van der Waals surface area contributed by atoms with Crippen molar-refractivity contribution in [3.8, 4) is 0 Å². The molecule has 0 bridgehead atoms. The van der Waals surface area contributed by atoms with Gasteiger partial charge in [-0.15, -0.1) is 0 Å². The van der Waals surface area contributed by atoms with Gasteiger partial charge in [-0.05, 0) is 0 Å². The van der Waals surface area contributed by atoms with Gasteiger partial charge in [0.1, 0.15) is 12.1 Å². The van der Waals surface area contributed by atoms with Crippen LogP contribution in [0.3, 0.4) is 0 Å². The monoisotopic (exact) mass is 273 g/mol. The summed E-state index contributed by atoms with van der Waals surface area (Å²) < 4.78 is 0. The zero-order valence-corrected chi connectivity index (χ0v) is 8.49. The Morgan fingerprint density at radius 2 is 1.06 bits per heavy atom. The van der Waals surface area contributed by atoms with E-state index in [-0.39, 0.29) is 29.6 Å². The Bertz CT molecular complexity index is 312. The van der Waals surface area contributed by atoms with Crippen LogP contribution in [0.5, 0.6) is 0 Å². The van der Waals surface area contributed by atoms with Gasteiger partial charge in [0.15, 0.2) is 0 Å². The molecule has 0 heterocycles. The predicted molar refractivity (Wildman–Crippen MR) is 57.6 cm³/mol. The summed E-state index contributed by atoms with van der Waals surface area (Å²) in [5.74, 6) is -6.01. The molecule has 0 aromatic heterocycles. The topological polar surface area (TPSA) is 161 Å². The molecule has 0 fully saturated rings. The van der Waals surface area contributed by atoms with Crippen molar-refractivity contribution >= 4 is 53.4 Å². The van der Waals surface area contributed by atoms with Crippen molar-refractivity contribution < 1.29 is 39.6 Å². The number of rotatable bonds is 8. The van der Waals surface area contributed by atoms with Crippen molar-refractivity contribution in [1.29, 1.82) is 0 Å². The van der Waals surface area contributed by atoms with E-state index in [1.54, 1.807) is 0 Å². The average Bonchev–Trinajstić information content (AvgIpc) is 2.13. The molecule has 0 rings (SSSR count). The van der Waals surface area contributed by atoms with Crippen molar-refractivity contribution in [3.05, 3.63) is 0 Å². The number of aliphatic carboxylic acids is 4. The molecule has 0 saturated carbocycles. The molecule has 5 N–H and O–H groups in total. The number of nitrogens with one attached hydrogen (secondary N) is 1. The van der Waals surface area contributed by atoms with E-state index in [0.717, 1.165) is 0 Å². The Kier molecular flexibility index (Phi) is 9.45.